The topological polar surface area (TPSA) is 52.7 Å². The van der Waals surface area contributed by atoms with Crippen LogP contribution in [0.3, 0.4) is 0 Å². The van der Waals surface area contributed by atoms with Crippen molar-refractivity contribution >= 4 is 11.7 Å². The lowest BCUT2D eigenvalue weighted by Crippen LogP contribution is -2.47. The molecule has 5 nitrogen and oxygen atoms in total. The van der Waals surface area contributed by atoms with E-state index in [1.165, 1.54) is 5.56 Å². The van der Waals surface area contributed by atoms with E-state index in [2.05, 4.69) is 36.2 Å². The van der Waals surface area contributed by atoms with Gasteiger partial charge in [0.2, 0.25) is 5.91 Å². The van der Waals surface area contributed by atoms with Crippen LogP contribution >= 0.6 is 0 Å². The van der Waals surface area contributed by atoms with Crippen LogP contribution in [-0.4, -0.2) is 67.3 Å². The van der Waals surface area contributed by atoms with E-state index in [0.717, 1.165) is 70.6 Å². The van der Waals surface area contributed by atoms with Gasteiger partial charge in [-0.1, -0.05) is 38.1 Å². The molecule has 1 aromatic rings. The van der Waals surface area contributed by atoms with Crippen molar-refractivity contribution in [1.29, 1.82) is 0 Å². The molecular weight excluding hydrogens is 350 g/mol. The monoisotopic (exact) mass is 385 g/mol. The van der Waals surface area contributed by atoms with Gasteiger partial charge in [0.1, 0.15) is 0 Å². The third-order valence-electron chi connectivity index (χ3n) is 5.95. The minimum Gasteiger partial charge on any atom is -0.340 e. The lowest BCUT2D eigenvalue weighted by atomic mass is 9.88. The zero-order chi connectivity index (χ0) is 19.9. The molecule has 0 atom stereocenters. The second kappa shape index (κ2) is 10.2. The molecule has 2 fully saturated rings. The maximum atomic E-state index is 12.8. The van der Waals surface area contributed by atoms with Crippen molar-refractivity contribution in [3.8, 4) is 0 Å². The van der Waals surface area contributed by atoms with Crippen LogP contribution in [-0.2, 0) is 11.2 Å². The smallest absolute Gasteiger partial charge is 0.223 e. The van der Waals surface area contributed by atoms with E-state index in [9.17, 15) is 9.59 Å². The van der Waals surface area contributed by atoms with Crippen molar-refractivity contribution in [2.45, 2.75) is 39.5 Å². The number of hydrogen-bond donors (Lipinski definition) is 1. The number of benzene rings is 1. The summed E-state index contributed by atoms with van der Waals surface area (Å²) in [5, 5.41) is 3.28. The van der Waals surface area contributed by atoms with Crippen molar-refractivity contribution in [2.24, 2.45) is 11.8 Å². The first-order valence-corrected chi connectivity index (χ1v) is 10.9. The number of carbonyl (C=O) groups is 2. The predicted molar refractivity (Wildman–Crippen MR) is 113 cm³/mol. The van der Waals surface area contributed by atoms with Gasteiger partial charge in [-0.3, -0.25) is 9.59 Å². The molecule has 2 saturated heterocycles. The van der Waals surface area contributed by atoms with Gasteiger partial charge in [0.25, 0.3) is 0 Å². The normalized spacial score (nSPS) is 19.2. The first-order chi connectivity index (χ1) is 13.5. The molecule has 3 rings (SSSR count). The van der Waals surface area contributed by atoms with Crippen molar-refractivity contribution in [3.05, 3.63) is 35.4 Å². The van der Waals surface area contributed by atoms with Gasteiger partial charge < -0.3 is 15.1 Å². The van der Waals surface area contributed by atoms with Crippen LogP contribution in [0, 0.1) is 11.8 Å². The summed E-state index contributed by atoms with van der Waals surface area (Å²) in [4.78, 5) is 29.4. The van der Waals surface area contributed by atoms with Crippen LogP contribution in [0.25, 0.3) is 0 Å². The second-order valence-corrected chi connectivity index (χ2v) is 8.66. The largest absolute Gasteiger partial charge is 0.340 e. The number of hydrogen-bond acceptors (Lipinski definition) is 4. The highest BCUT2D eigenvalue weighted by atomic mass is 16.2. The first kappa shape index (κ1) is 21.0. The summed E-state index contributed by atoms with van der Waals surface area (Å²) in [6, 6.07) is 8.20. The average Bonchev–Trinajstić information content (AvgIpc) is 2.72. The molecule has 0 aliphatic carbocycles. The lowest BCUT2D eigenvalue weighted by molar-refractivity contribution is -0.132. The molecule has 0 spiro atoms. The highest BCUT2D eigenvalue weighted by molar-refractivity contribution is 5.97. The number of nitrogens with zero attached hydrogens (tertiary/aromatic N) is 2. The molecular formula is C23H35N3O2. The molecule has 0 bridgehead atoms. The quantitative estimate of drug-likeness (QED) is 0.733. The van der Waals surface area contributed by atoms with Gasteiger partial charge in [-0.25, -0.2) is 0 Å². The van der Waals surface area contributed by atoms with Gasteiger partial charge in [-0.2, -0.15) is 0 Å². The molecule has 0 radical (unpaired) electrons. The number of likely N-dealkylation sites (tertiary alicyclic amines) is 1. The first-order valence-electron chi connectivity index (χ1n) is 10.9. The zero-order valence-electron chi connectivity index (χ0n) is 17.5. The molecule has 5 heteroatoms. The molecule has 1 N–H and O–H groups in total. The van der Waals surface area contributed by atoms with Crippen molar-refractivity contribution < 1.29 is 9.59 Å². The van der Waals surface area contributed by atoms with Crippen LogP contribution in [0.2, 0.25) is 0 Å². The van der Waals surface area contributed by atoms with Gasteiger partial charge in [-0.15, -0.1) is 0 Å². The molecule has 28 heavy (non-hydrogen) atoms. The molecule has 0 unspecified atom stereocenters. The molecule has 0 saturated carbocycles. The second-order valence-electron chi connectivity index (χ2n) is 8.66. The van der Waals surface area contributed by atoms with Crippen molar-refractivity contribution in [2.75, 3.05) is 45.8 Å². The van der Waals surface area contributed by atoms with Crippen molar-refractivity contribution in [1.82, 2.24) is 15.1 Å². The molecule has 1 aromatic carbocycles. The number of piperidine rings is 1. The summed E-state index contributed by atoms with van der Waals surface area (Å²) < 4.78 is 0. The molecule has 1 amide bonds. The number of carbonyl (C=O) groups excluding carboxylic acids is 2. The van der Waals surface area contributed by atoms with Gasteiger partial charge in [0.15, 0.2) is 5.78 Å². The minimum absolute atomic E-state index is 0.121. The Kier molecular flexibility index (Phi) is 7.63. The highest BCUT2D eigenvalue weighted by Gasteiger charge is 2.26. The van der Waals surface area contributed by atoms with Crippen LogP contribution in [0.1, 0.15) is 49.0 Å². The van der Waals surface area contributed by atoms with Crippen LogP contribution < -0.4 is 5.32 Å². The summed E-state index contributed by atoms with van der Waals surface area (Å²) in [6.07, 6.45) is 3.44. The maximum Gasteiger partial charge on any atom is 0.223 e. The van der Waals surface area contributed by atoms with Crippen molar-refractivity contribution in [3.63, 3.8) is 0 Å². The lowest BCUT2D eigenvalue weighted by Gasteiger charge is -2.32. The number of piperazine rings is 1. The summed E-state index contributed by atoms with van der Waals surface area (Å²) in [5.74, 6) is 1.30. The van der Waals surface area contributed by atoms with Crippen LogP contribution in [0.15, 0.2) is 24.3 Å². The SMILES string of the molecule is CC(C)Cc1ccc(C(=O)C2CCN(CCC(=O)N3CCNCC3)CC2)cc1. The number of amides is 1. The Labute approximate surface area is 169 Å². The van der Waals surface area contributed by atoms with E-state index in [1.54, 1.807) is 0 Å². The van der Waals surface area contributed by atoms with E-state index in [1.807, 2.05) is 17.0 Å². The fraction of sp³-hybridized carbons (Fsp3) is 0.652. The Morgan fingerprint density at radius 3 is 2.29 bits per heavy atom. The minimum atomic E-state index is 0.121. The number of Topliss-reactive ketones (excluding diaryl/α,β-unsaturated/α-hetero) is 1. The summed E-state index contributed by atoms with van der Waals surface area (Å²) in [7, 11) is 0. The van der Waals surface area contributed by atoms with E-state index in [4.69, 9.17) is 0 Å². The van der Waals surface area contributed by atoms with E-state index >= 15 is 0 Å². The number of nitrogens with one attached hydrogen (secondary N) is 1. The zero-order valence-corrected chi connectivity index (χ0v) is 17.5. The van der Waals surface area contributed by atoms with Gasteiger partial charge in [0, 0.05) is 50.6 Å². The van der Waals surface area contributed by atoms with E-state index in [0.29, 0.717) is 12.3 Å². The highest BCUT2D eigenvalue weighted by Crippen LogP contribution is 2.22. The van der Waals surface area contributed by atoms with Gasteiger partial charge in [0.05, 0.1) is 0 Å². The summed E-state index contributed by atoms with van der Waals surface area (Å²) in [5.41, 5.74) is 2.15. The Hall–Kier alpha value is -1.72. The number of ketones is 1. The summed E-state index contributed by atoms with van der Waals surface area (Å²) >= 11 is 0. The summed E-state index contributed by atoms with van der Waals surface area (Å²) in [6.45, 7) is 10.5. The van der Waals surface area contributed by atoms with Crippen LogP contribution in [0.4, 0.5) is 0 Å². The van der Waals surface area contributed by atoms with E-state index < -0.39 is 0 Å². The third kappa shape index (κ3) is 5.89. The molecule has 154 valence electrons. The van der Waals surface area contributed by atoms with Crippen LogP contribution in [0.5, 0.6) is 0 Å². The third-order valence-corrected chi connectivity index (χ3v) is 5.95. The molecule has 2 heterocycles. The maximum absolute atomic E-state index is 12.8. The van der Waals surface area contributed by atoms with Gasteiger partial charge >= 0.3 is 0 Å². The molecule has 2 aliphatic heterocycles. The molecule has 0 aromatic heterocycles. The predicted octanol–water partition coefficient (Wildman–Crippen LogP) is 2.60. The average molecular weight is 386 g/mol. The Morgan fingerprint density at radius 1 is 1.04 bits per heavy atom. The Bertz CT molecular complexity index is 642. The van der Waals surface area contributed by atoms with E-state index in [-0.39, 0.29) is 17.6 Å². The standard InChI is InChI=1S/C23H35N3O2/c1-18(2)17-19-3-5-20(6-4-19)23(28)21-7-12-25(13-8-21)14-9-22(27)26-15-10-24-11-16-26/h3-6,18,21,24H,7-17H2,1-2H3. The van der Waals surface area contributed by atoms with Gasteiger partial charge in [-0.05, 0) is 43.8 Å². The Balaban J connectivity index is 1.41. The molecule has 2 aliphatic rings. The Morgan fingerprint density at radius 2 is 1.68 bits per heavy atom. The number of rotatable bonds is 7. The fourth-order valence-electron chi connectivity index (χ4n) is 4.26. The fourth-order valence-corrected chi connectivity index (χ4v) is 4.26.